The van der Waals surface area contributed by atoms with Gasteiger partial charge in [0, 0.05) is 13.1 Å². The zero-order valence-corrected chi connectivity index (χ0v) is 18.1. The van der Waals surface area contributed by atoms with Crippen molar-refractivity contribution in [2.75, 3.05) is 24.8 Å². The van der Waals surface area contributed by atoms with E-state index >= 15 is 0 Å². The van der Waals surface area contributed by atoms with Crippen molar-refractivity contribution in [3.05, 3.63) is 0 Å². The van der Waals surface area contributed by atoms with Crippen LogP contribution < -0.4 is 10.6 Å². The molecule has 0 rings (SSSR count). The Labute approximate surface area is 152 Å². The fourth-order valence-electron chi connectivity index (χ4n) is 2.43. The summed E-state index contributed by atoms with van der Waals surface area (Å²) in [5, 5.41) is 5.56. The highest BCUT2D eigenvalue weighted by atomic mass is 35.5. The minimum Gasteiger partial charge on any atom is -0.455 e. The molecule has 136 valence electrons. The Bertz CT molecular complexity index is 349. The first-order valence-corrected chi connectivity index (χ1v) is 15.3. The molecule has 0 aromatic rings. The molecule has 0 unspecified atom stereocenters. The third kappa shape index (κ3) is 12.9. The molecule has 0 aliphatic heterocycles. The third-order valence-electron chi connectivity index (χ3n) is 3.35. The highest BCUT2D eigenvalue weighted by Crippen LogP contribution is 2.23. The van der Waals surface area contributed by atoms with Crippen LogP contribution in [0.1, 0.15) is 12.8 Å². The van der Waals surface area contributed by atoms with E-state index in [1.54, 1.807) is 0 Å². The van der Waals surface area contributed by atoms with Crippen LogP contribution in [0, 0.1) is 0 Å². The Morgan fingerprint density at radius 1 is 0.826 bits per heavy atom. The topological polar surface area (TPSA) is 67.4 Å². The Hall–Kier alpha value is -0.0862. The van der Waals surface area contributed by atoms with E-state index in [-0.39, 0.29) is 23.6 Å². The predicted octanol–water partition coefficient (Wildman–Crippen LogP) is 2.90. The van der Waals surface area contributed by atoms with E-state index in [4.69, 9.17) is 27.3 Å². The number of rotatable bonds is 12. The molecule has 23 heavy (non-hydrogen) atoms. The molecular weight excluding hydrogens is 371 g/mol. The van der Waals surface area contributed by atoms with Crippen molar-refractivity contribution in [2.24, 2.45) is 0 Å². The summed E-state index contributed by atoms with van der Waals surface area (Å²) in [6, 6.07) is 2.02. The molecule has 0 radical (unpaired) electrons. The van der Waals surface area contributed by atoms with Gasteiger partial charge in [-0.15, -0.1) is 23.2 Å². The molecule has 2 N–H and O–H groups in total. The fourth-order valence-corrected chi connectivity index (χ4v) is 11.5. The molecule has 0 atom stereocenters. The van der Waals surface area contributed by atoms with Crippen LogP contribution in [0.25, 0.3) is 0 Å². The van der Waals surface area contributed by atoms with Crippen molar-refractivity contribution in [1.82, 2.24) is 10.6 Å². The second-order valence-electron chi connectivity index (χ2n) is 6.80. The summed E-state index contributed by atoms with van der Waals surface area (Å²) in [6.07, 6.45) is 1.83. The molecule has 9 heteroatoms. The number of nitrogens with one attached hydrogen (secondary N) is 2. The number of alkyl halides is 2. The summed E-state index contributed by atoms with van der Waals surface area (Å²) in [7, 11) is -3.48. The maximum atomic E-state index is 11.1. The van der Waals surface area contributed by atoms with Crippen molar-refractivity contribution in [2.45, 2.75) is 51.1 Å². The summed E-state index contributed by atoms with van der Waals surface area (Å²) in [5.74, 6) is -0.226. The molecule has 0 fully saturated rings. The summed E-state index contributed by atoms with van der Waals surface area (Å²) in [4.78, 5) is 22.2. The normalized spacial score (nSPS) is 12.1. The smallest absolute Gasteiger partial charge is 0.234 e. The van der Waals surface area contributed by atoms with Crippen molar-refractivity contribution >= 4 is 51.7 Å². The van der Waals surface area contributed by atoms with E-state index in [2.05, 4.69) is 36.8 Å². The van der Waals surface area contributed by atoms with Crippen molar-refractivity contribution in [3.63, 3.8) is 0 Å². The van der Waals surface area contributed by atoms with Crippen LogP contribution >= 0.6 is 23.2 Å². The van der Waals surface area contributed by atoms with Gasteiger partial charge in [0.1, 0.15) is 11.8 Å². The lowest BCUT2D eigenvalue weighted by atomic mass is 10.5. The summed E-state index contributed by atoms with van der Waals surface area (Å²) in [6.45, 7) is 10.2. The molecule has 0 aliphatic rings. The quantitative estimate of drug-likeness (QED) is 0.300. The minimum atomic E-state index is -1.74. The first-order valence-electron chi connectivity index (χ1n) is 7.97. The monoisotopic (exact) mass is 400 g/mol. The van der Waals surface area contributed by atoms with E-state index in [0.29, 0.717) is 13.1 Å². The van der Waals surface area contributed by atoms with Gasteiger partial charge in [0.25, 0.3) is 0 Å². The average molecular weight is 401 g/mol. The van der Waals surface area contributed by atoms with Crippen LogP contribution in [0.5, 0.6) is 0 Å². The maximum absolute atomic E-state index is 11.1. The number of amides is 2. The Kier molecular flexibility index (Phi) is 11.4. The zero-order chi connectivity index (χ0) is 17.9. The molecule has 5 nitrogen and oxygen atoms in total. The van der Waals surface area contributed by atoms with Crippen molar-refractivity contribution in [3.8, 4) is 0 Å². The number of carbonyl (C=O) groups is 2. The van der Waals surface area contributed by atoms with E-state index in [1.165, 1.54) is 0 Å². The van der Waals surface area contributed by atoms with Gasteiger partial charge in [-0.2, -0.15) is 0 Å². The SMILES string of the molecule is C[Si](C)(CCCNC(=O)CCl)O[Si](C)(C)CCCNC(=O)CCl. The van der Waals surface area contributed by atoms with Gasteiger partial charge in [0.15, 0.2) is 16.6 Å². The lowest BCUT2D eigenvalue weighted by Gasteiger charge is -2.34. The lowest BCUT2D eigenvalue weighted by Crippen LogP contribution is -2.45. The zero-order valence-electron chi connectivity index (χ0n) is 14.6. The summed E-state index contributed by atoms with van der Waals surface area (Å²) in [5.41, 5.74) is 0. The Balaban J connectivity index is 4.03. The molecule has 2 amide bonds. The second kappa shape index (κ2) is 11.5. The standard InChI is InChI=1S/C14H30Cl2N2O3Si2/c1-22(2,9-5-7-17-13(19)11-15)21-23(3,4)10-6-8-18-14(20)12-16/h5-12H2,1-4H3,(H,17,19)(H,18,20). The van der Waals surface area contributed by atoms with E-state index in [9.17, 15) is 9.59 Å². The van der Waals surface area contributed by atoms with Gasteiger partial charge in [-0.3, -0.25) is 9.59 Å². The molecule has 0 bridgehead atoms. The van der Waals surface area contributed by atoms with Gasteiger partial charge in [-0.05, 0) is 51.1 Å². The maximum Gasteiger partial charge on any atom is 0.234 e. The fraction of sp³-hybridized carbons (Fsp3) is 0.857. The van der Waals surface area contributed by atoms with E-state index in [1.807, 2.05) is 0 Å². The van der Waals surface area contributed by atoms with Crippen molar-refractivity contribution in [1.29, 1.82) is 0 Å². The molecular formula is C14H30Cl2N2O3Si2. The molecule has 0 saturated carbocycles. The second-order valence-corrected chi connectivity index (χ2v) is 16.2. The minimum absolute atomic E-state index is 0.0114. The van der Waals surface area contributed by atoms with Crippen LogP contribution in [-0.2, 0) is 13.7 Å². The van der Waals surface area contributed by atoms with Gasteiger partial charge >= 0.3 is 0 Å². The van der Waals surface area contributed by atoms with Crippen LogP contribution in [-0.4, -0.2) is 53.3 Å². The number of halogens is 2. The molecule has 0 aromatic heterocycles. The van der Waals surface area contributed by atoms with Crippen LogP contribution in [0.4, 0.5) is 0 Å². The highest BCUT2D eigenvalue weighted by Gasteiger charge is 2.32. The highest BCUT2D eigenvalue weighted by molar-refractivity contribution is 6.84. The number of carbonyl (C=O) groups excluding carboxylic acids is 2. The Morgan fingerprint density at radius 2 is 1.17 bits per heavy atom. The molecule has 0 saturated heterocycles. The molecule has 0 aromatic carbocycles. The van der Waals surface area contributed by atoms with Crippen LogP contribution in [0.2, 0.25) is 38.3 Å². The first kappa shape index (κ1) is 22.9. The van der Waals surface area contributed by atoms with Gasteiger partial charge < -0.3 is 14.7 Å². The average Bonchev–Trinajstić information content (AvgIpc) is 2.46. The summed E-state index contributed by atoms with van der Waals surface area (Å²) < 4.78 is 6.49. The lowest BCUT2D eigenvalue weighted by molar-refractivity contribution is -0.119. The van der Waals surface area contributed by atoms with Gasteiger partial charge in [0.2, 0.25) is 11.8 Å². The number of hydrogen-bond donors (Lipinski definition) is 2. The van der Waals surface area contributed by atoms with Crippen molar-refractivity contribution < 1.29 is 13.7 Å². The third-order valence-corrected chi connectivity index (χ3v) is 11.4. The molecule has 0 heterocycles. The van der Waals surface area contributed by atoms with E-state index in [0.717, 1.165) is 24.9 Å². The van der Waals surface area contributed by atoms with Gasteiger partial charge in [-0.25, -0.2) is 0 Å². The predicted molar refractivity (Wildman–Crippen MR) is 102 cm³/mol. The number of hydrogen-bond acceptors (Lipinski definition) is 3. The molecule has 0 aliphatic carbocycles. The molecule has 0 spiro atoms. The van der Waals surface area contributed by atoms with Crippen LogP contribution in [0.15, 0.2) is 0 Å². The largest absolute Gasteiger partial charge is 0.455 e. The first-order chi connectivity index (χ1) is 10.6. The van der Waals surface area contributed by atoms with Gasteiger partial charge in [-0.1, -0.05) is 0 Å². The summed E-state index contributed by atoms with van der Waals surface area (Å²) >= 11 is 10.9. The Morgan fingerprint density at radius 3 is 1.48 bits per heavy atom. The van der Waals surface area contributed by atoms with Crippen LogP contribution in [0.3, 0.4) is 0 Å². The van der Waals surface area contributed by atoms with E-state index < -0.39 is 16.6 Å². The van der Waals surface area contributed by atoms with Gasteiger partial charge in [0.05, 0.1) is 0 Å².